The molecule has 2 fully saturated rings. The van der Waals surface area contributed by atoms with Gasteiger partial charge in [0.25, 0.3) is 15.9 Å². The van der Waals surface area contributed by atoms with Gasteiger partial charge in [-0.1, -0.05) is 23.7 Å². The zero-order chi connectivity index (χ0) is 35.3. The minimum absolute atomic E-state index is 0.0281. The van der Waals surface area contributed by atoms with Crippen LogP contribution in [0.15, 0.2) is 53.4 Å². The number of carbonyl (C=O) groups is 2. The summed E-state index contributed by atoms with van der Waals surface area (Å²) in [5.74, 6) is -0.0234. The van der Waals surface area contributed by atoms with Crippen LogP contribution >= 0.6 is 11.6 Å². The lowest BCUT2D eigenvalue weighted by molar-refractivity contribution is -0.139. The molecule has 7 rings (SSSR count). The molecule has 3 heterocycles. The Labute approximate surface area is 299 Å². The SMILES string of the molecule is CN1CC[C@@H](NC(=O)O[C@H]2/C=C/COC(C)(C)C(=O)NS(=O)(=O)c3ccc4c(c3)N(C[C@@H]3CC[C@H]32)C[C@@]2(CCCc3cc(Cl)ccc32)CO4)C1. The number of ether oxygens (including phenoxy) is 3. The Morgan fingerprint density at radius 2 is 1.96 bits per heavy atom. The number of hydrogen-bond donors (Lipinski definition) is 2. The first-order valence-corrected chi connectivity index (χ1v) is 19.5. The molecule has 13 heteroatoms. The van der Waals surface area contributed by atoms with E-state index in [2.05, 4.69) is 25.9 Å². The van der Waals surface area contributed by atoms with Crippen LogP contribution in [0.3, 0.4) is 0 Å². The smallest absolute Gasteiger partial charge is 0.407 e. The summed E-state index contributed by atoms with van der Waals surface area (Å²) in [7, 11) is -2.20. The van der Waals surface area contributed by atoms with E-state index >= 15 is 0 Å². The molecule has 2 aromatic carbocycles. The van der Waals surface area contributed by atoms with Crippen molar-refractivity contribution in [3.63, 3.8) is 0 Å². The largest absolute Gasteiger partial charge is 0.490 e. The number of alkyl carbamates (subject to hydrolysis) is 1. The lowest BCUT2D eigenvalue weighted by Crippen LogP contribution is -2.50. The molecular weight excluding hydrogens is 680 g/mol. The number of rotatable bonds is 2. The average molecular weight is 727 g/mol. The van der Waals surface area contributed by atoms with Crippen molar-refractivity contribution in [3.8, 4) is 5.75 Å². The minimum atomic E-state index is -4.24. The quantitative estimate of drug-likeness (QED) is 0.420. The number of carbonyl (C=O) groups excluding carboxylic acids is 2. The van der Waals surface area contributed by atoms with Crippen molar-refractivity contribution >= 4 is 39.3 Å². The van der Waals surface area contributed by atoms with E-state index in [1.54, 1.807) is 18.2 Å². The first-order chi connectivity index (χ1) is 23.8. The molecule has 270 valence electrons. The molecule has 1 saturated carbocycles. The van der Waals surface area contributed by atoms with Crippen molar-refractivity contribution in [1.82, 2.24) is 14.9 Å². The van der Waals surface area contributed by atoms with Crippen LogP contribution in [-0.4, -0.2) is 89.5 Å². The second-order valence-electron chi connectivity index (χ2n) is 15.2. The van der Waals surface area contributed by atoms with Gasteiger partial charge in [0.1, 0.15) is 17.5 Å². The Bertz CT molecular complexity index is 1780. The first-order valence-electron chi connectivity index (χ1n) is 17.7. The second kappa shape index (κ2) is 13.7. The number of likely N-dealkylation sites (tertiary alicyclic amines) is 1. The molecule has 1 saturated heterocycles. The van der Waals surface area contributed by atoms with Crippen LogP contribution in [0.2, 0.25) is 5.02 Å². The summed E-state index contributed by atoms with van der Waals surface area (Å²) in [6.07, 6.45) is 8.13. The lowest BCUT2D eigenvalue weighted by atomic mass is 9.68. The van der Waals surface area contributed by atoms with Crippen molar-refractivity contribution < 1.29 is 32.2 Å². The number of nitrogens with one attached hydrogen (secondary N) is 2. The Morgan fingerprint density at radius 1 is 1.12 bits per heavy atom. The molecule has 50 heavy (non-hydrogen) atoms. The second-order valence-corrected chi connectivity index (χ2v) is 17.3. The van der Waals surface area contributed by atoms with Gasteiger partial charge >= 0.3 is 6.09 Å². The highest BCUT2D eigenvalue weighted by molar-refractivity contribution is 7.90. The molecule has 0 radical (unpaired) electrons. The predicted molar refractivity (Wildman–Crippen MR) is 190 cm³/mol. The number of anilines is 1. The summed E-state index contributed by atoms with van der Waals surface area (Å²) in [5, 5.41) is 3.75. The monoisotopic (exact) mass is 726 g/mol. The Kier molecular flexibility index (Phi) is 9.59. The highest BCUT2D eigenvalue weighted by Crippen LogP contribution is 2.47. The van der Waals surface area contributed by atoms with Gasteiger partial charge in [0.2, 0.25) is 0 Å². The predicted octanol–water partition coefficient (Wildman–Crippen LogP) is 4.81. The van der Waals surface area contributed by atoms with Gasteiger partial charge in [0.15, 0.2) is 0 Å². The minimum Gasteiger partial charge on any atom is -0.490 e. The van der Waals surface area contributed by atoms with Crippen molar-refractivity contribution in [2.45, 2.75) is 80.4 Å². The summed E-state index contributed by atoms with van der Waals surface area (Å²) < 4.78 is 48.1. The third-order valence-corrected chi connectivity index (χ3v) is 12.8. The highest BCUT2D eigenvalue weighted by atomic mass is 35.5. The fraction of sp³-hybridized carbons (Fsp3) is 0.568. The van der Waals surface area contributed by atoms with Crippen LogP contribution in [0, 0.1) is 11.8 Å². The molecule has 2 aliphatic carbocycles. The van der Waals surface area contributed by atoms with Gasteiger partial charge in [-0.2, -0.15) is 0 Å². The molecule has 5 atom stereocenters. The number of hydrogen-bond acceptors (Lipinski definition) is 9. The van der Waals surface area contributed by atoms with Crippen LogP contribution < -0.4 is 19.7 Å². The Hall–Kier alpha value is -3.32. The normalized spacial score (nSPS) is 31.2. The molecule has 0 aromatic heterocycles. The maximum atomic E-state index is 13.6. The van der Waals surface area contributed by atoms with Gasteiger partial charge in [0, 0.05) is 42.0 Å². The molecule has 2 N–H and O–H groups in total. The highest BCUT2D eigenvalue weighted by Gasteiger charge is 2.45. The maximum Gasteiger partial charge on any atom is 0.407 e. The number of likely N-dealkylation sites (N-methyl/N-ethyl adjacent to an activating group) is 1. The van der Waals surface area contributed by atoms with E-state index in [1.165, 1.54) is 31.0 Å². The molecule has 5 aliphatic rings. The number of aryl methyl sites for hydroxylation is 1. The number of fused-ring (bicyclic) bond motifs is 4. The maximum absolute atomic E-state index is 13.6. The van der Waals surface area contributed by atoms with E-state index in [1.807, 2.05) is 25.3 Å². The van der Waals surface area contributed by atoms with Crippen molar-refractivity contribution in [1.29, 1.82) is 0 Å². The van der Waals surface area contributed by atoms with Gasteiger partial charge in [-0.15, -0.1) is 0 Å². The number of benzene rings is 2. The van der Waals surface area contributed by atoms with E-state index in [0.29, 0.717) is 36.2 Å². The summed E-state index contributed by atoms with van der Waals surface area (Å²) in [4.78, 5) is 30.9. The fourth-order valence-corrected chi connectivity index (χ4v) is 9.58. The zero-order valence-electron chi connectivity index (χ0n) is 29.0. The third-order valence-electron chi connectivity index (χ3n) is 11.3. The van der Waals surface area contributed by atoms with Crippen molar-refractivity contribution in [2.75, 3.05) is 51.3 Å². The summed E-state index contributed by atoms with van der Waals surface area (Å²) >= 11 is 6.44. The summed E-state index contributed by atoms with van der Waals surface area (Å²) in [6.45, 7) is 6.41. The van der Waals surface area contributed by atoms with Crippen LogP contribution in [0.1, 0.15) is 57.1 Å². The molecule has 11 nitrogen and oxygen atoms in total. The summed E-state index contributed by atoms with van der Waals surface area (Å²) in [6, 6.07) is 10.9. The number of nitrogens with zero attached hydrogens (tertiary/aromatic N) is 2. The van der Waals surface area contributed by atoms with Crippen LogP contribution in [0.5, 0.6) is 5.75 Å². The molecular formula is C37H47ClN4O7S. The number of amides is 2. The van der Waals surface area contributed by atoms with Gasteiger partial charge < -0.3 is 29.3 Å². The van der Waals surface area contributed by atoms with Crippen molar-refractivity contribution in [3.05, 3.63) is 64.7 Å². The topological polar surface area (TPSA) is 127 Å². The van der Waals surface area contributed by atoms with E-state index in [0.717, 1.165) is 51.6 Å². The standard InChI is InChI=1S/C37H47ClN4O7S/c1-36(2)34(43)40-50(45,46)28-10-13-33-31(19-28)42(22-37(23-47-33)15-4-6-24-18-26(38)9-12-30(24)37)20-25-8-11-29(25)32(7-5-17-48-36)49-35(44)39-27-14-16-41(3)21-27/h5,7,9-10,12-13,18-19,25,27,29,32H,4,6,8,11,14-17,20-23H2,1-3H3,(H,39,44)(H,40,43)/b7-5+/t25-,27+,29+,32-,37-/m0/s1. The van der Waals surface area contributed by atoms with E-state index in [4.69, 9.17) is 25.8 Å². The Morgan fingerprint density at radius 3 is 2.72 bits per heavy atom. The van der Waals surface area contributed by atoms with Gasteiger partial charge in [-0.25, -0.2) is 17.9 Å². The molecule has 2 bridgehead atoms. The van der Waals surface area contributed by atoms with Crippen LogP contribution in [0.25, 0.3) is 0 Å². The molecule has 0 unspecified atom stereocenters. The molecule has 1 spiro atoms. The lowest BCUT2D eigenvalue weighted by Gasteiger charge is -2.46. The van der Waals surface area contributed by atoms with E-state index < -0.39 is 33.7 Å². The number of sulfonamides is 1. The molecule has 3 aliphatic heterocycles. The molecule has 2 amide bonds. The first kappa shape index (κ1) is 35.1. The average Bonchev–Trinajstić information content (AvgIpc) is 3.39. The van der Waals surface area contributed by atoms with E-state index in [9.17, 15) is 18.0 Å². The van der Waals surface area contributed by atoms with Crippen molar-refractivity contribution in [2.24, 2.45) is 11.8 Å². The Balaban J connectivity index is 1.25. The van der Waals surface area contributed by atoms with Gasteiger partial charge in [-0.05, 0) is 119 Å². The van der Waals surface area contributed by atoms with Gasteiger partial charge in [-0.3, -0.25) is 4.79 Å². The number of halogens is 1. The zero-order valence-corrected chi connectivity index (χ0v) is 30.5. The third kappa shape index (κ3) is 7.09. The molecule has 2 aromatic rings. The van der Waals surface area contributed by atoms with E-state index in [-0.39, 0.29) is 34.8 Å². The van der Waals surface area contributed by atoms with Crippen LogP contribution in [0.4, 0.5) is 10.5 Å². The van der Waals surface area contributed by atoms with Gasteiger partial charge in [0.05, 0.1) is 23.8 Å². The van der Waals surface area contributed by atoms with Crippen LogP contribution in [-0.2, 0) is 36.1 Å². The fourth-order valence-electron chi connectivity index (χ4n) is 8.26. The summed E-state index contributed by atoms with van der Waals surface area (Å²) in [5.41, 5.74) is 1.26.